The molecule has 2 heterocycles. The molecule has 1 fully saturated rings. The molecule has 0 bridgehead atoms. The van der Waals surface area contributed by atoms with E-state index in [2.05, 4.69) is 51.5 Å². The van der Waals surface area contributed by atoms with E-state index in [0.717, 1.165) is 49.7 Å². The summed E-state index contributed by atoms with van der Waals surface area (Å²) in [4.78, 5) is 23.6. The lowest BCUT2D eigenvalue weighted by Gasteiger charge is -2.32. The van der Waals surface area contributed by atoms with Crippen LogP contribution in [-0.4, -0.2) is 35.5 Å². The molecule has 0 unspecified atom stereocenters. The smallest absolute Gasteiger partial charge is 0.270 e. The number of benzene rings is 1. The van der Waals surface area contributed by atoms with Crippen molar-refractivity contribution in [2.75, 3.05) is 29.9 Å². The highest BCUT2D eigenvalue weighted by atomic mass is 16.1. The van der Waals surface area contributed by atoms with Crippen LogP contribution in [0.2, 0.25) is 0 Å². The molecule has 29 heavy (non-hydrogen) atoms. The van der Waals surface area contributed by atoms with Crippen LogP contribution in [-0.2, 0) is 0 Å². The van der Waals surface area contributed by atoms with E-state index in [1.165, 1.54) is 18.5 Å². The summed E-state index contributed by atoms with van der Waals surface area (Å²) in [6.07, 6.45) is 5.73. The molecule has 1 aliphatic heterocycles. The van der Waals surface area contributed by atoms with Gasteiger partial charge in [0.25, 0.3) is 5.91 Å². The molecule has 0 spiro atoms. The Bertz CT molecular complexity index is 797. The van der Waals surface area contributed by atoms with Crippen molar-refractivity contribution in [1.29, 1.82) is 0 Å². The first-order chi connectivity index (χ1) is 14.0. The van der Waals surface area contributed by atoms with E-state index in [0.29, 0.717) is 18.2 Å². The van der Waals surface area contributed by atoms with Crippen molar-refractivity contribution in [2.45, 2.75) is 52.9 Å². The van der Waals surface area contributed by atoms with Gasteiger partial charge in [0.2, 0.25) is 5.95 Å². The van der Waals surface area contributed by atoms with E-state index in [1.807, 2.05) is 19.1 Å². The van der Waals surface area contributed by atoms with Gasteiger partial charge in [-0.25, -0.2) is 9.97 Å². The molecule has 1 aromatic heterocycles. The number of aromatic nitrogens is 2. The molecule has 2 N–H and O–H groups in total. The topological polar surface area (TPSA) is 70.2 Å². The van der Waals surface area contributed by atoms with Crippen LogP contribution in [0.4, 0.5) is 17.3 Å². The van der Waals surface area contributed by atoms with Gasteiger partial charge in [0.15, 0.2) is 0 Å². The zero-order valence-electron chi connectivity index (χ0n) is 17.9. The molecule has 1 aromatic carbocycles. The quantitative estimate of drug-likeness (QED) is 0.635. The monoisotopic (exact) mass is 395 g/mol. The van der Waals surface area contributed by atoms with Gasteiger partial charge in [0.05, 0.1) is 0 Å². The SMILES string of the molecule is CCCCCNC(=O)c1cc(C)nc(Nc2ccc(N3CCC(C)CC3)cc2)n1. The number of nitrogens with zero attached hydrogens (tertiary/aromatic N) is 3. The van der Waals surface area contributed by atoms with Crippen LogP contribution in [0.15, 0.2) is 30.3 Å². The Hall–Kier alpha value is -2.63. The highest BCUT2D eigenvalue weighted by Crippen LogP contribution is 2.25. The minimum atomic E-state index is -0.149. The maximum atomic E-state index is 12.4. The van der Waals surface area contributed by atoms with Crippen molar-refractivity contribution >= 4 is 23.2 Å². The molecule has 3 rings (SSSR count). The first kappa shape index (κ1) is 21.1. The van der Waals surface area contributed by atoms with Gasteiger partial charge in [-0.3, -0.25) is 4.79 Å². The fraction of sp³-hybridized carbons (Fsp3) is 0.522. The van der Waals surface area contributed by atoms with Crippen LogP contribution in [0.1, 0.15) is 62.1 Å². The van der Waals surface area contributed by atoms with Crippen molar-refractivity contribution in [1.82, 2.24) is 15.3 Å². The number of carbonyl (C=O) groups is 1. The first-order valence-corrected chi connectivity index (χ1v) is 10.8. The molecule has 156 valence electrons. The lowest BCUT2D eigenvalue weighted by atomic mass is 9.99. The second kappa shape index (κ2) is 10.2. The minimum Gasteiger partial charge on any atom is -0.372 e. The van der Waals surface area contributed by atoms with Crippen LogP contribution >= 0.6 is 0 Å². The van der Waals surface area contributed by atoms with Crippen molar-refractivity contribution in [3.05, 3.63) is 41.7 Å². The van der Waals surface area contributed by atoms with Crippen molar-refractivity contribution in [3.63, 3.8) is 0 Å². The summed E-state index contributed by atoms with van der Waals surface area (Å²) >= 11 is 0. The van der Waals surface area contributed by atoms with Crippen LogP contribution < -0.4 is 15.5 Å². The Morgan fingerprint density at radius 3 is 2.55 bits per heavy atom. The Morgan fingerprint density at radius 2 is 1.86 bits per heavy atom. The molecular formula is C23H33N5O. The van der Waals surface area contributed by atoms with Gasteiger partial charge < -0.3 is 15.5 Å². The largest absolute Gasteiger partial charge is 0.372 e. The molecule has 6 nitrogen and oxygen atoms in total. The molecule has 1 saturated heterocycles. The molecule has 2 aromatic rings. The molecule has 0 aliphatic carbocycles. The Labute approximate surface area is 174 Å². The predicted octanol–water partition coefficient (Wildman–Crippen LogP) is 4.68. The average Bonchev–Trinajstić information content (AvgIpc) is 2.72. The summed E-state index contributed by atoms with van der Waals surface area (Å²) in [5.41, 5.74) is 3.33. The van der Waals surface area contributed by atoms with Crippen molar-refractivity contribution < 1.29 is 4.79 Å². The number of anilines is 3. The van der Waals surface area contributed by atoms with Crippen LogP contribution in [0.5, 0.6) is 0 Å². The summed E-state index contributed by atoms with van der Waals surface area (Å²) < 4.78 is 0. The number of unbranched alkanes of at least 4 members (excludes halogenated alkanes) is 2. The van der Waals surface area contributed by atoms with Crippen LogP contribution in [0.3, 0.4) is 0 Å². The van der Waals surface area contributed by atoms with Gasteiger partial charge in [0, 0.05) is 36.7 Å². The molecular weight excluding hydrogens is 362 g/mol. The van der Waals surface area contributed by atoms with Crippen LogP contribution in [0, 0.1) is 12.8 Å². The number of rotatable bonds is 8. The lowest BCUT2D eigenvalue weighted by molar-refractivity contribution is 0.0948. The Kier molecular flexibility index (Phi) is 7.44. The number of aryl methyl sites for hydroxylation is 1. The minimum absolute atomic E-state index is 0.149. The zero-order chi connectivity index (χ0) is 20.6. The predicted molar refractivity (Wildman–Crippen MR) is 119 cm³/mol. The number of piperidine rings is 1. The molecule has 0 atom stereocenters. The Morgan fingerprint density at radius 1 is 1.14 bits per heavy atom. The van der Waals surface area contributed by atoms with Gasteiger partial charge in [0.1, 0.15) is 5.69 Å². The van der Waals surface area contributed by atoms with Gasteiger partial charge in [-0.1, -0.05) is 26.7 Å². The highest BCUT2D eigenvalue weighted by Gasteiger charge is 2.16. The molecule has 0 saturated carbocycles. The summed E-state index contributed by atoms with van der Waals surface area (Å²) in [6, 6.07) is 10.1. The number of nitrogens with one attached hydrogen (secondary N) is 2. The summed E-state index contributed by atoms with van der Waals surface area (Å²) in [5.74, 6) is 1.12. The van der Waals surface area contributed by atoms with E-state index in [9.17, 15) is 4.79 Å². The third-order valence-corrected chi connectivity index (χ3v) is 5.42. The fourth-order valence-electron chi connectivity index (χ4n) is 3.56. The van der Waals surface area contributed by atoms with Gasteiger partial charge in [-0.05, 0) is 62.4 Å². The standard InChI is InChI=1S/C23H33N5O/c1-4-5-6-13-24-22(29)21-16-18(3)25-23(27-21)26-19-7-9-20(10-8-19)28-14-11-17(2)12-15-28/h7-10,16-17H,4-6,11-15H2,1-3H3,(H,24,29)(H,25,26,27). The number of hydrogen-bond donors (Lipinski definition) is 2. The second-order valence-corrected chi connectivity index (χ2v) is 8.02. The zero-order valence-corrected chi connectivity index (χ0v) is 17.9. The maximum absolute atomic E-state index is 12.4. The van der Waals surface area contributed by atoms with Gasteiger partial charge in [-0.15, -0.1) is 0 Å². The first-order valence-electron chi connectivity index (χ1n) is 10.8. The van der Waals surface area contributed by atoms with Crippen LogP contribution in [0.25, 0.3) is 0 Å². The number of hydrogen-bond acceptors (Lipinski definition) is 5. The normalized spacial score (nSPS) is 14.7. The molecule has 0 radical (unpaired) electrons. The number of carbonyl (C=O) groups excluding carboxylic acids is 1. The third kappa shape index (κ3) is 6.17. The summed E-state index contributed by atoms with van der Waals surface area (Å²) in [7, 11) is 0. The van der Waals surface area contributed by atoms with Gasteiger partial charge >= 0.3 is 0 Å². The van der Waals surface area contributed by atoms with E-state index in [-0.39, 0.29) is 5.91 Å². The van der Waals surface area contributed by atoms with E-state index in [4.69, 9.17) is 0 Å². The maximum Gasteiger partial charge on any atom is 0.270 e. The summed E-state index contributed by atoms with van der Waals surface area (Å²) in [5, 5.41) is 6.17. The summed E-state index contributed by atoms with van der Waals surface area (Å²) in [6.45, 7) is 9.26. The van der Waals surface area contributed by atoms with E-state index < -0.39 is 0 Å². The van der Waals surface area contributed by atoms with Crippen molar-refractivity contribution in [3.8, 4) is 0 Å². The second-order valence-electron chi connectivity index (χ2n) is 8.02. The van der Waals surface area contributed by atoms with E-state index >= 15 is 0 Å². The third-order valence-electron chi connectivity index (χ3n) is 5.42. The highest BCUT2D eigenvalue weighted by molar-refractivity contribution is 5.92. The Balaban J connectivity index is 1.62. The lowest BCUT2D eigenvalue weighted by Crippen LogP contribution is -2.32. The van der Waals surface area contributed by atoms with E-state index in [1.54, 1.807) is 6.07 Å². The fourth-order valence-corrected chi connectivity index (χ4v) is 3.56. The van der Waals surface area contributed by atoms with Gasteiger partial charge in [-0.2, -0.15) is 0 Å². The molecule has 6 heteroatoms. The van der Waals surface area contributed by atoms with Crippen molar-refractivity contribution in [2.24, 2.45) is 5.92 Å². The average molecular weight is 396 g/mol. The molecule has 1 amide bonds. The number of amides is 1. The molecule has 1 aliphatic rings.